The van der Waals surface area contributed by atoms with Crippen LogP contribution in [0.25, 0.3) is 10.8 Å². The molecule has 5 rings (SSSR count). The van der Waals surface area contributed by atoms with Gasteiger partial charge < -0.3 is 10.1 Å². The molecule has 4 heteroatoms. The first-order chi connectivity index (χ1) is 14.6. The maximum absolute atomic E-state index is 13.4. The number of hydrogen-bond donors (Lipinski definition) is 1. The fourth-order valence-electron chi connectivity index (χ4n) is 5.29. The summed E-state index contributed by atoms with van der Waals surface area (Å²) in [5.74, 6) is -0.524. The van der Waals surface area contributed by atoms with Gasteiger partial charge in [0.25, 0.3) is 0 Å². The Morgan fingerprint density at radius 1 is 1.00 bits per heavy atom. The lowest BCUT2D eigenvalue weighted by Gasteiger charge is -2.35. The SMILES string of the molecule is CC1=C(C(=O)OC2CCCC2)[C@@H](c2cccc3ccccc23)C2=C(CCCC2=O)N1. The van der Waals surface area contributed by atoms with Gasteiger partial charge in [0.2, 0.25) is 0 Å². The van der Waals surface area contributed by atoms with Crippen LogP contribution >= 0.6 is 0 Å². The number of carbonyl (C=O) groups excluding carboxylic acids is 2. The second-order valence-electron chi connectivity index (χ2n) is 8.65. The number of nitrogens with one attached hydrogen (secondary N) is 1. The summed E-state index contributed by atoms with van der Waals surface area (Å²) >= 11 is 0. The summed E-state index contributed by atoms with van der Waals surface area (Å²) in [5.41, 5.74) is 4.13. The predicted octanol–water partition coefficient (Wildman–Crippen LogP) is 5.29. The minimum atomic E-state index is -0.381. The molecule has 154 valence electrons. The number of esters is 1. The molecule has 0 radical (unpaired) electrons. The van der Waals surface area contributed by atoms with Crippen LogP contribution in [0.3, 0.4) is 0 Å². The third-order valence-corrected chi connectivity index (χ3v) is 6.71. The summed E-state index contributed by atoms with van der Waals surface area (Å²) in [7, 11) is 0. The average Bonchev–Trinajstić information content (AvgIpc) is 3.25. The van der Waals surface area contributed by atoms with Gasteiger partial charge in [0, 0.05) is 29.3 Å². The zero-order chi connectivity index (χ0) is 20.7. The van der Waals surface area contributed by atoms with Crippen LogP contribution in [-0.2, 0) is 14.3 Å². The van der Waals surface area contributed by atoms with E-state index in [1.165, 1.54) is 0 Å². The highest BCUT2D eigenvalue weighted by molar-refractivity contribution is 6.05. The van der Waals surface area contributed by atoms with Crippen LogP contribution in [0.4, 0.5) is 0 Å². The zero-order valence-electron chi connectivity index (χ0n) is 17.4. The van der Waals surface area contributed by atoms with E-state index in [0.717, 1.165) is 71.8 Å². The normalized spacial score (nSPS) is 22.3. The van der Waals surface area contributed by atoms with Crippen molar-refractivity contribution in [3.05, 3.63) is 70.6 Å². The summed E-state index contributed by atoms with van der Waals surface area (Å²) in [6, 6.07) is 14.3. The van der Waals surface area contributed by atoms with Crippen molar-refractivity contribution in [1.29, 1.82) is 0 Å². The van der Waals surface area contributed by atoms with Gasteiger partial charge in [-0.1, -0.05) is 42.5 Å². The summed E-state index contributed by atoms with van der Waals surface area (Å²) in [4.78, 5) is 26.5. The van der Waals surface area contributed by atoms with Crippen LogP contribution in [0.5, 0.6) is 0 Å². The molecule has 1 N–H and O–H groups in total. The quantitative estimate of drug-likeness (QED) is 0.710. The van der Waals surface area contributed by atoms with E-state index in [1.807, 2.05) is 25.1 Å². The smallest absolute Gasteiger partial charge is 0.337 e. The van der Waals surface area contributed by atoms with Crippen molar-refractivity contribution >= 4 is 22.5 Å². The number of hydrogen-bond acceptors (Lipinski definition) is 4. The fraction of sp³-hybridized carbons (Fsp3) is 0.385. The van der Waals surface area contributed by atoms with Gasteiger partial charge in [0.15, 0.2) is 5.78 Å². The summed E-state index contributed by atoms with van der Waals surface area (Å²) in [5, 5.41) is 5.58. The Morgan fingerprint density at radius 3 is 2.60 bits per heavy atom. The predicted molar refractivity (Wildman–Crippen MR) is 117 cm³/mol. The van der Waals surface area contributed by atoms with Crippen molar-refractivity contribution in [3.63, 3.8) is 0 Å². The van der Waals surface area contributed by atoms with Gasteiger partial charge in [0.05, 0.1) is 5.57 Å². The minimum absolute atomic E-state index is 0.0107. The van der Waals surface area contributed by atoms with Crippen molar-refractivity contribution in [2.24, 2.45) is 0 Å². The lowest BCUT2D eigenvalue weighted by atomic mass is 9.74. The number of fused-ring (bicyclic) bond motifs is 1. The lowest BCUT2D eigenvalue weighted by Crippen LogP contribution is -2.35. The summed E-state index contributed by atoms with van der Waals surface area (Å²) in [6.07, 6.45) is 6.28. The second kappa shape index (κ2) is 7.75. The van der Waals surface area contributed by atoms with Gasteiger partial charge in [-0.2, -0.15) is 0 Å². The van der Waals surface area contributed by atoms with E-state index < -0.39 is 0 Å². The lowest BCUT2D eigenvalue weighted by molar-refractivity contribution is -0.144. The van der Waals surface area contributed by atoms with Gasteiger partial charge in [-0.25, -0.2) is 4.79 Å². The molecular weight excluding hydrogens is 374 g/mol. The maximum Gasteiger partial charge on any atom is 0.337 e. The second-order valence-corrected chi connectivity index (χ2v) is 8.65. The van der Waals surface area contributed by atoms with Crippen molar-refractivity contribution in [1.82, 2.24) is 5.32 Å². The van der Waals surface area contributed by atoms with Gasteiger partial charge in [-0.05, 0) is 61.8 Å². The molecule has 0 unspecified atom stereocenters. The number of benzene rings is 2. The third kappa shape index (κ3) is 3.24. The largest absolute Gasteiger partial charge is 0.459 e. The molecule has 2 aliphatic carbocycles. The molecule has 0 spiro atoms. The Hall–Kier alpha value is -2.88. The summed E-state index contributed by atoms with van der Waals surface area (Å²) in [6.45, 7) is 1.94. The molecule has 3 aliphatic rings. The average molecular weight is 402 g/mol. The molecule has 30 heavy (non-hydrogen) atoms. The molecule has 1 fully saturated rings. The monoisotopic (exact) mass is 401 g/mol. The number of rotatable bonds is 3. The minimum Gasteiger partial charge on any atom is -0.459 e. The highest BCUT2D eigenvalue weighted by Gasteiger charge is 2.40. The molecule has 0 amide bonds. The van der Waals surface area contributed by atoms with E-state index in [9.17, 15) is 9.59 Å². The van der Waals surface area contributed by atoms with Crippen molar-refractivity contribution in [2.75, 3.05) is 0 Å². The molecule has 1 aliphatic heterocycles. The van der Waals surface area contributed by atoms with E-state index in [0.29, 0.717) is 12.0 Å². The Balaban J connectivity index is 1.66. The number of ether oxygens (including phenoxy) is 1. The van der Waals surface area contributed by atoms with Crippen LogP contribution in [0, 0.1) is 0 Å². The van der Waals surface area contributed by atoms with Crippen LogP contribution in [0.2, 0.25) is 0 Å². The standard InChI is InChI=1S/C26H27NO3/c1-16-23(26(29)30-18-10-3-4-11-18)24(25-21(27-16)14-7-15-22(25)28)20-13-6-9-17-8-2-5-12-19(17)20/h2,5-6,8-9,12-13,18,24,27H,3-4,7,10-11,14-15H2,1H3/t24-/m1/s1. The van der Waals surface area contributed by atoms with Crippen LogP contribution < -0.4 is 5.32 Å². The van der Waals surface area contributed by atoms with E-state index in [4.69, 9.17) is 4.74 Å². The number of allylic oxidation sites excluding steroid dienone is 3. The van der Waals surface area contributed by atoms with E-state index in [1.54, 1.807) is 0 Å². The fourth-order valence-corrected chi connectivity index (χ4v) is 5.29. The van der Waals surface area contributed by atoms with Crippen molar-refractivity contribution in [3.8, 4) is 0 Å². The Kier molecular flexibility index (Phi) is 4.93. The molecule has 4 nitrogen and oxygen atoms in total. The Labute approximate surface area is 177 Å². The molecule has 0 aromatic heterocycles. The van der Waals surface area contributed by atoms with Crippen molar-refractivity contribution < 1.29 is 14.3 Å². The number of Topliss-reactive ketones (excluding diaryl/α,β-unsaturated/α-hetero) is 1. The Bertz CT molecular complexity index is 1080. The molecule has 1 heterocycles. The maximum atomic E-state index is 13.4. The van der Waals surface area contributed by atoms with Crippen LogP contribution in [0.15, 0.2) is 65.0 Å². The van der Waals surface area contributed by atoms with Crippen LogP contribution in [0.1, 0.15) is 63.4 Å². The first-order valence-electron chi connectivity index (χ1n) is 11.1. The van der Waals surface area contributed by atoms with Gasteiger partial charge in [-0.3, -0.25) is 4.79 Å². The third-order valence-electron chi connectivity index (χ3n) is 6.71. The van der Waals surface area contributed by atoms with E-state index in [2.05, 4.69) is 29.6 Å². The number of carbonyl (C=O) groups is 2. The first kappa shape index (κ1) is 19.1. The van der Waals surface area contributed by atoms with Crippen molar-refractivity contribution in [2.45, 2.75) is 63.9 Å². The van der Waals surface area contributed by atoms with Crippen LogP contribution in [-0.4, -0.2) is 17.9 Å². The zero-order valence-corrected chi connectivity index (χ0v) is 17.4. The number of dihydropyridines is 1. The van der Waals surface area contributed by atoms with E-state index >= 15 is 0 Å². The molecular formula is C26H27NO3. The van der Waals surface area contributed by atoms with Gasteiger partial charge >= 0.3 is 5.97 Å². The highest BCUT2D eigenvalue weighted by Crippen LogP contribution is 2.44. The topological polar surface area (TPSA) is 55.4 Å². The molecule has 2 aromatic carbocycles. The van der Waals surface area contributed by atoms with Gasteiger partial charge in [-0.15, -0.1) is 0 Å². The van der Waals surface area contributed by atoms with E-state index in [-0.39, 0.29) is 23.8 Å². The molecule has 0 saturated heterocycles. The first-order valence-corrected chi connectivity index (χ1v) is 11.1. The molecule has 1 saturated carbocycles. The van der Waals surface area contributed by atoms with Gasteiger partial charge in [0.1, 0.15) is 6.10 Å². The molecule has 1 atom stereocenters. The molecule has 2 aromatic rings. The summed E-state index contributed by atoms with van der Waals surface area (Å²) < 4.78 is 5.93. The number of ketones is 1. The molecule has 0 bridgehead atoms. The Morgan fingerprint density at radius 2 is 1.77 bits per heavy atom. The highest BCUT2D eigenvalue weighted by atomic mass is 16.5.